The molecule has 4 heteroatoms. The summed E-state index contributed by atoms with van der Waals surface area (Å²) in [6.07, 6.45) is 4.08. The van der Waals surface area contributed by atoms with E-state index in [1.807, 2.05) is 18.0 Å². The second-order valence-corrected chi connectivity index (χ2v) is 3.89. The highest BCUT2D eigenvalue weighted by Gasteiger charge is 2.20. The quantitative estimate of drug-likeness (QED) is 0.406. The number of esters is 1. The molecule has 0 aromatic heterocycles. The standard InChI is InChI=1S/C12H18N2O2/c1-3-16-12(15)10(9-13)11-7-5-4-6-8-14(11)2/h3-8H2,1-2H3/b11-10+. The maximum Gasteiger partial charge on any atom is 0.350 e. The molecule has 0 aromatic rings. The van der Waals surface area contributed by atoms with Gasteiger partial charge in [-0.3, -0.25) is 0 Å². The number of rotatable bonds is 2. The van der Waals surface area contributed by atoms with E-state index in [2.05, 4.69) is 0 Å². The third-order valence-electron chi connectivity index (χ3n) is 2.75. The molecule has 1 aliphatic heterocycles. The molecule has 0 radical (unpaired) electrons. The Balaban J connectivity index is 2.95. The molecule has 0 aliphatic carbocycles. The lowest BCUT2D eigenvalue weighted by Gasteiger charge is -2.20. The average molecular weight is 222 g/mol. The summed E-state index contributed by atoms with van der Waals surface area (Å²) in [7, 11) is 1.93. The van der Waals surface area contributed by atoms with Crippen molar-refractivity contribution in [2.45, 2.75) is 32.6 Å². The van der Waals surface area contributed by atoms with E-state index in [4.69, 9.17) is 10.00 Å². The average Bonchev–Trinajstić information content (AvgIpc) is 2.46. The van der Waals surface area contributed by atoms with Crippen molar-refractivity contribution in [2.24, 2.45) is 0 Å². The van der Waals surface area contributed by atoms with Crippen LogP contribution in [0.15, 0.2) is 11.3 Å². The van der Waals surface area contributed by atoms with Gasteiger partial charge in [0.05, 0.1) is 6.61 Å². The topological polar surface area (TPSA) is 53.3 Å². The molecular weight excluding hydrogens is 204 g/mol. The highest BCUT2D eigenvalue weighted by Crippen LogP contribution is 2.22. The van der Waals surface area contributed by atoms with Gasteiger partial charge in [0, 0.05) is 19.3 Å². The molecule has 1 heterocycles. The van der Waals surface area contributed by atoms with Crippen LogP contribution in [0.25, 0.3) is 0 Å². The van der Waals surface area contributed by atoms with Crippen molar-refractivity contribution in [2.75, 3.05) is 20.2 Å². The van der Waals surface area contributed by atoms with E-state index in [1.54, 1.807) is 6.92 Å². The van der Waals surface area contributed by atoms with E-state index < -0.39 is 5.97 Å². The van der Waals surface area contributed by atoms with Crippen LogP contribution < -0.4 is 0 Å². The zero-order chi connectivity index (χ0) is 12.0. The smallest absolute Gasteiger partial charge is 0.350 e. The van der Waals surface area contributed by atoms with Gasteiger partial charge in [0.1, 0.15) is 6.07 Å². The molecule has 0 bridgehead atoms. The first-order valence-electron chi connectivity index (χ1n) is 5.72. The molecule has 0 N–H and O–H groups in total. The minimum absolute atomic E-state index is 0.172. The molecule has 1 fully saturated rings. The molecule has 1 aliphatic rings. The summed E-state index contributed by atoms with van der Waals surface area (Å²) in [5.74, 6) is -0.492. The predicted molar refractivity (Wildman–Crippen MR) is 60.4 cm³/mol. The van der Waals surface area contributed by atoms with Crippen molar-refractivity contribution in [3.05, 3.63) is 11.3 Å². The van der Waals surface area contributed by atoms with Gasteiger partial charge in [-0.05, 0) is 26.2 Å². The molecule has 0 spiro atoms. The van der Waals surface area contributed by atoms with Crippen molar-refractivity contribution in [1.29, 1.82) is 5.26 Å². The highest BCUT2D eigenvalue weighted by molar-refractivity contribution is 5.93. The van der Waals surface area contributed by atoms with Crippen molar-refractivity contribution < 1.29 is 9.53 Å². The summed E-state index contributed by atoms with van der Waals surface area (Å²) in [5, 5.41) is 9.05. The first kappa shape index (κ1) is 12.6. The Morgan fingerprint density at radius 2 is 2.25 bits per heavy atom. The van der Waals surface area contributed by atoms with Gasteiger partial charge in [0.15, 0.2) is 5.57 Å². The summed E-state index contributed by atoms with van der Waals surface area (Å²) < 4.78 is 4.89. The monoisotopic (exact) mass is 222 g/mol. The lowest BCUT2D eigenvalue weighted by atomic mass is 10.1. The summed E-state index contributed by atoms with van der Waals surface area (Å²) in [5.41, 5.74) is 1.00. The van der Waals surface area contributed by atoms with E-state index in [0.717, 1.165) is 37.9 Å². The van der Waals surface area contributed by atoms with Gasteiger partial charge in [-0.15, -0.1) is 0 Å². The molecule has 16 heavy (non-hydrogen) atoms. The lowest BCUT2D eigenvalue weighted by Crippen LogP contribution is -2.21. The van der Waals surface area contributed by atoms with Gasteiger partial charge in [-0.1, -0.05) is 6.42 Å². The second kappa shape index (κ2) is 6.16. The molecule has 0 aromatic carbocycles. The van der Waals surface area contributed by atoms with Gasteiger partial charge in [-0.2, -0.15) is 5.26 Å². The Morgan fingerprint density at radius 1 is 1.50 bits per heavy atom. The van der Waals surface area contributed by atoms with Crippen LogP contribution in [0, 0.1) is 11.3 Å². The third kappa shape index (κ3) is 2.99. The number of allylic oxidation sites excluding steroid dienone is 1. The molecule has 0 saturated carbocycles. The van der Waals surface area contributed by atoms with Crippen molar-refractivity contribution in [3.8, 4) is 6.07 Å². The Hall–Kier alpha value is -1.50. The van der Waals surface area contributed by atoms with E-state index in [0.29, 0.717) is 6.61 Å². The molecular formula is C12H18N2O2. The first-order valence-corrected chi connectivity index (χ1v) is 5.72. The number of carbonyl (C=O) groups is 1. The zero-order valence-electron chi connectivity index (χ0n) is 9.95. The molecule has 0 unspecified atom stereocenters. The molecule has 1 rings (SSSR count). The minimum Gasteiger partial charge on any atom is -0.462 e. The zero-order valence-corrected chi connectivity index (χ0v) is 9.95. The Morgan fingerprint density at radius 3 is 2.88 bits per heavy atom. The lowest BCUT2D eigenvalue weighted by molar-refractivity contribution is -0.138. The number of ether oxygens (including phenoxy) is 1. The number of likely N-dealkylation sites (tertiary alicyclic amines) is 1. The largest absolute Gasteiger partial charge is 0.462 e. The van der Waals surface area contributed by atoms with Crippen LogP contribution in [0.1, 0.15) is 32.6 Å². The predicted octanol–water partition coefficient (Wildman–Crippen LogP) is 1.83. The Bertz CT molecular complexity index is 328. The van der Waals surface area contributed by atoms with Crippen molar-refractivity contribution >= 4 is 5.97 Å². The molecule has 1 saturated heterocycles. The Kier molecular flexibility index (Phi) is 4.84. The molecule has 88 valence electrons. The second-order valence-electron chi connectivity index (χ2n) is 3.89. The summed E-state index contributed by atoms with van der Waals surface area (Å²) in [6, 6.07) is 1.98. The van der Waals surface area contributed by atoms with Crippen LogP contribution >= 0.6 is 0 Å². The molecule has 0 atom stereocenters. The van der Waals surface area contributed by atoms with Crippen molar-refractivity contribution in [3.63, 3.8) is 0 Å². The van der Waals surface area contributed by atoms with Crippen LogP contribution in [0.4, 0.5) is 0 Å². The number of nitriles is 1. The normalized spacial score (nSPS) is 19.7. The van der Waals surface area contributed by atoms with Gasteiger partial charge in [0.25, 0.3) is 0 Å². The highest BCUT2D eigenvalue weighted by atomic mass is 16.5. The van der Waals surface area contributed by atoms with Gasteiger partial charge >= 0.3 is 5.97 Å². The molecule has 4 nitrogen and oxygen atoms in total. The van der Waals surface area contributed by atoms with E-state index in [1.165, 1.54) is 0 Å². The van der Waals surface area contributed by atoms with Gasteiger partial charge in [-0.25, -0.2) is 4.79 Å². The van der Waals surface area contributed by atoms with Crippen LogP contribution in [-0.4, -0.2) is 31.1 Å². The third-order valence-corrected chi connectivity index (χ3v) is 2.75. The minimum atomic E-state index is -0.492. The summed E-state index contributed by atoms with van der Waals surface area (Å²) in [6.45, 7) is 2.95. The van der Waals surface area contributed by atoms with Gasteiger partial charge < -0.3 is 9.64 Å². The fourth-order valence-corrected chi connectivity index (χ4v) is 1.89. The van der Waals surface area contributed by atoms with E-state index >= 15 is 0 Å². The summed E-state index contributed by atoms with van der Waals surface area (Å²) in [4.78, 5) is 13.6. The van der Waals surface area contributed by atoms with Crippen molar-refractivity contribution in [1.82, 2.24) is 4.90 Å². The SMILES string of the molecule is CCOC(=O)/C(C#N)=C1\CCCCCN1C. The Labute approximate surface area is 96.5 Å². The molecule has 0 amide bonds. The first-order chi connectivity index (χ1) is 7.70. The van der Waals surface area contributed by atoms with Crippen LogP contribution in [0.5, 0.6) is 0 Å². The fourth-order valence-electron chi connectivity index (χ4n) is 1.89. The number of nitrogens with zero attached hydrogens (tertiary/aromatic N) is 2. The fraction of sp³-hybridized carbons (Fsp3) is 0.667. The van der Waals surface area contributed by atoms with Crippen LogP contribution in [0.3, 0.4) is 0 Å². The number of hydrogen-bond donors (Lipinski definition) is 0. The van der Waals surface area contributed by atoms with E-state index in [-0.39, 0.29) is 5.57 Å². The maximum absolute atomic E-state index is 11.6. The number of carbonyl (C=O) groups excluding carboxylic acids is 1. The maximum atomic E-state index is 11.6. The number of hydrogen-bond acceptors (Lipinski definition) is 4. The summed E-state index contributed by atoms with van der Waals surface area (Å²) >= 11 is 0. The van der Waals surface area contributed by atoms with E-state index in [9.17, 15) is 4.79 Å². The van der Waals surface area contributed by atoms with Crippen LogP contribution in [0.2, 0.25) is 0 Å². The van der Waals surface area contributed by atoms with Crippen LogP contribution in [-0.2, 0) is 9.53 Å². The van der Waals surface area contributed by atoms with Gasteiger partial charge in [0.2, 0.25) is 0 Å².